The van der Waals surface area contributed by atoms with Crippen LogP contribution in [0.5, 0.6) is 0 Å². The van der Waals surface area contributed by atoms with E-state index in [1.807, 2.05) is 0 Å². The quantitative estimate of drug-likeness (QED) is 0.412. The third-order valence-corrected chi connectivity index (χ3v) is 2.19. The Morgan fingerprint density at radius 1 is 1.36 bits per heavy atom. The number of hydrogen-bond donors (Lipinski definition) is 4. The van der Waals surface area contributed by atoms with E-state index in [2.05, 4.69) is 5.32 Å². The highest BCUT2D eigenvalue weighted by atomic mass is 16.6. The largest absolute Gasteiger partial charge is 0.394 e. The Morgan fingerprint density at radius 2 is 1.93 bits per heavy atom. The minimum atomic E-state index is -1.10. The van der Waals surface area contributed by atoms with Crippen molar-refractivity contribution >= 4 is 5.91 Å². The second kappa shape index (κ2) is 4.70. The summed E-state index contributed by atoms with van der Waals surface area (Å²) in [5, 5.41) is 30.0. The molecule has 0 saturated carbocycles. The molecule has 1 heterocycles. The molecule has 0 aromatic rings. The molecule has 1 amide bonds. The van der Waals surface area contributed by atoms with E-state index in [4.69, 9.17) is 9.84 Å². The van der Waals surface area contributed by atoms with Crippen molar-refractivity contribution < 1.29 is 24.9 Å². The molecule has 1 saturated heterocycles. The molecule has 0 aromatic carbocycles. The summed E-state index contributed by atoms with van der Waals surface area (Å²) in [5.74, 6) is -0.234. The highest BCUT2D eigenvalue weighted by Crippen LogP contribution is 2.20. The summed E-state index contributed by atoms with van der Waals surface area (Å²) in [4.78, 5) is 10.6. The van der Waals surface area contributed by atoms with Gasteiger partial charge in [-0.3, -0.25) is 4.79 Å². The second-order valence-electron chi connectivity index (χ2n) is 3.31. The second-order valence-corrected chi connectivity index (χ2v) is 3.31. The van der Waals surface area contributed by atoms with E-state index >= 15 is 0 Å². The average Bonchev–Trinajstić information content (AvgIpc) is 2.41. The van der Waals surface area contributed by atoms with Crippen molar-refractivity contribution in [2.24, 2.45) is 0 Å². The summed E-state index contributed by atoms with van der Waals surface area (Å²) in [7, 11) is 0. The van der Waals surface area contributed by atoms with Crippen molar-refractivity contribution in [1.82, 2.24) is 5.32 Å². The Kier molecular flexibility index (Phi) is 3.82. The minimum Gasteiger partial charge on any atom is -0.394 e. The van der Waals surface area contributed by atoms with E-state index in [9.17, 15) is 15.0 Å². The lowest BCUT2D eigenvalue weighted by atomic mass is 10.1. The van der Waals surface area contributed by atoms with Gasteiger partial charge in [0.15, 0.2) is 0 Å². The molecule has 4 N–H and O–H groups in total. The Hall–Kier alpha value is -0.690. The zero-order valence-corrected chi connectivity index (χ0v) is 7.88. The Balaban J connectivity index is 2.44. The minimum absolute atomic E-state index is 0.129. The maximum Gasteiger partial charge on any atom is 0.216 e. The van der Waals surface area contributed by atoms with Crippen molar-refractivity contribution in [3.63, 3.8) is 0 Å². The van der Waals surface area contributed by atoms with Crippen molar-refractivity contribution in [3.05, 3.63) is 0 Å². The fourth-order valence-corrected chi connectivity index (χ4v) is 1.39. The van der Waals surface area contributed by atoms with Crippen LogP contribution < -0.4 is 5.32 Å². The molecule has 1 aliphatic heterocycles. The fraction of sp³-hybridized carbons (Fsp3) is 0.875. The first-order chi connectivity index (χ1) is 6.56. The first-order valence-corrected chi connectivity index (χ1v) is 4.43. The van der Waals surface area contributed by atoms with Gasteiger partial charge in [-0.25, -0.2) is 0 Å². The topological polar surface area (TPSA) is 99.0 Å². The number of nitrogens with one attached hydrogen (secondary N) is 1. The summed E-state index contributed by atoms with van der Waals surface area (Å²) in [6, 6.07) is 0. The van der Waals surface area contributed by atoms with E-state index in [-0.39, 0.29) is 19.1 Å². The molecule has 0 aromatic heterocycles. The molecular formula is C8H15NO5. The van der Waals surface area contributed by atoms with Crippen LogP contribution in [-0.4, -0.2) is 58.8 Å². The highest BCUT2D eigenvalue weighted by Gasteiger charge is 2.41. The van der Waals surface area contributed by atoms with Gasteiger partial charge < -0.3 is 25.4 Å². The maximum absolute atomic E-state index is 10.6. The molecule has 0 radical (unpaired) electrons. The van der Waals surface area contributed by atoms with E-state index in [0.29, 0.717) is 0 Å². The van der Waals surface area contributed by atoms with Crippen molar-refractivity contribution in [2.75, 3.05) is 13.2 Å². The van der Waals surface area contributed by atoms with Gasteiger partial charge in [-0.2, -0.15) is 0 Å². The number of rotatable bonds is 3. The first-order valence-electron chi connectivity index (χ1n) is 4.43. The first kappa shape index (κ1) is 11.4. The van der Waals surface area contributed by atoms with Crippen LogP contribution in [0.3, 0.4) is 0 Å². The average molecular weight is 205 g/mol. The maximum atomic E-state index is 10.6. The Morgan fingerprint density at radius 3 is 2.36 bits per heavy atom. The van der Waals surface area contributed by atoms with Gasteiger partial charge in [0.25, 0.3) is 0 Å². The third kappa shape index (κ3) is 2.42. The molecule has 6 nitrogen and oxygen atoms in total. The normalized spacial score (nSPS) is 37.1. The van der Waals surface area contributed by atoms with Gasteiger partial charge >= 0.3 is 0 Å². The van der Waals surface area contributed by atoms with Crippen molar-refractivity contribution in [2.45, 2.75) is 31.3 Å². The number of hydrogen-bond acceptors (Lipinski definition) is 5. The summed E-state index contributed by atoms with van der Waals surface area (Å²) in [6.45, 7) is 1.13. The predicted octanol–water partition coefficient (Wildman–Crippen LogP) is -2.40. The standard InChI is InChI=1S/C8H15NO5/c1-4(11)9-2-5-7(12)8(13)6(3-10)14-5/h5-8,10,12-13H,2-3H2,1H3,(H,9,11)/t5-,6+,7-,8+/m0/s1. The summed E-state index contributed by atoms with van der Waals surface area (Å²) >= 11 is 0. The number of amides is 1. The van der Waals surface area contributed by atoms with Gasteiger partial charge in [0, 0.05) is 13.5 Å². The van der Waals surface area contributed by atoms with Crippen molar-refractivity contribution in [3.8, 4) is 0 Å². The molecule has 0 unspecified atom stereocenters. The molecule has 82 valence electrons. The number of carbonyl (C=O) groups excluding carboxylic acids is 1. The monoisotopic (exact) mass is 205 g/mol. The summed E-state index contributed by atoms with van der Waals surface area (Å²) in [6.07, 6.45) is -3.60. The van der Waals surface area contributed by atoms with Gasteiger partial charge in [0.05, 0.1) is 6.61 Å². The predicted molar refractivity (Wildman–Crippen MR) is 46.4 cm³/mol. The van der Waals surface area contributed by atoms with Crippen molar-refractivity contribution in [1.29, 1.82) is 0 Å². The van der Waals surface area contributed by atoms with E-state index in [0.717, 1.165) is 0 Å². The zero-order valence-electron chi connectivity index (χ0n) is 7.88. The van der Waals surface area contributed by atoms with Crippen LogP contribution in [0.1, 0.15) is 6.92 Å². The lowest BCUT2D eigenvalue weighted by Gasteiger charge is -2.14. The lowest BCUT2D eigenvalue weighted by molar-refractivity contribution is -0.119. The van der Waals surface area contributed by atoms with Crippen LogP contribution >= 0.6 is 0 Å². The third-order valence-electron chi connectivity index (χ3n) is 2.19. The summed E-state index contributed by atoms with van der Waals surface area (Å²) < 4.78 is 5.12. The van der Waals surface area contributed by atoms with Crippen LogP contribution in [0.15, 0.2) is 0 Å². The molecule has 1 fully saturated rings. The van der Waals surface area contributed by atoms with Crippen LogP contribution in [0.25, 0.3) is 0 Å². The van der Waals surface area contributed by atoms with Gasteiger partial charge in [-0.15, -0.1) is 0 Å². The van der Waals surface area contributed by atoms with Gasteiger partial charge in [-0.1, -0.05) is 0 Å². The molecule has 14 heavy (non-hydrogen) atoms. The molecule has 4 atom stereocenters. The zero-order chi connectivity index (χ0) is 10.7. The van der Waals surface area contributed by atoms with Gasteiger partial charge in [0.1, 0.15) is 24.4 Å². The molecule has 0 bridgehead atoms. The van der Waals surface area contributed by atoms with Gasteiger partial charge in [-0.05, 0) is 0 Å². The molecular weight excluding hydrogens is 190 g/mol. The van der Waals surface area contributed by atoms with E-state index < -0.39 is 24.4 Å². The molecule has 6 heteroatoms. The smallest absolute Gasteiger partial charge is 0.216 e. The molecule has 0 spiro atoms. The number of aliphatic hydroxyl groups is 3. The Bertz CT molecular complexity index is 210. The van der Waals surface area contributed by atoms with Crippen LogP contribution in [0.4, 0.5) is 0 Å². The number of carbonyl (C=O) groups is 1. The molecule has 1 aliphatic rings. The van der Waals surface area contributed by atoms with Crippen LogP contribution in [0.2, 0.25) is 0 Å². The van der Waals surface area contributed by atoms with Crippen LogP contribution in [-0.2, 0) is 9.53 Å². The number of ether oxygens (including phenoxy) is 1. The Labute approximate surface area is 81.5 Å². The van der Waals surface area contributed by atoms with Gasteiger partial charge in [0.2, 0.25) is 5.91 Å². The van der Waals surface area contributed by atoms with E-state index in [1.165, 1.54) is 6.92 Å². The SMILES string of the molecule is CC(=O)NC[C@@H]1O[C@H](CO)[C@@H](O)[C@H]1O. The van der Waals surface area contributed by atoms with Crippen LogP contribution in [0, 0.1) is 0 Å². The summed E-state index contributed by atoms with van der Waals surface area (Å²) in [5.41, 5.74) is 0. The molecule has 1 rings (SSSR count). The molecule has 0 aliphatic carbocycles. The number of aliphatic hydroxyl groups excluding tert-OH is 3. The van der Waals surface area contributed by atoms with E-state index in [1.54, 1.807) is 0 Å². The fourth-order valence-electron chi connectivity index (χ4n) is 1.39. The highest BCUT2D eigenvalue weighted by molar-refractivity contribution is 5.72. The lowest BCUT2D eigenvalue weighted by Crippen LogP contribution is -2.39.